The predicted octanol–water partition coefficient (Wildman–Crippen LogP) is 3.54. The third-order valence-corrected chi connectivity index (χ3v) is 5.27. The van der Waals surface area contributed by atoms with Crippen molar-refractivity contribution in [3.8, 4) is 0 Å². The highest BCUT2D eigenvalue weighted by Crippen LogP contribution is 2.28. The molecule has 1 fully saturated rings. The van der Waals surface area contributed by atoms with Crippen molar-refractivity contribution < 1.29 is 9.59 Å². The molecule has 9 heteroatoms. The summed E-state index contributed by atoms with van der Waals surface area (Å²) < 4.78 is 1.66. The van der Waals surface area contributed by atoms with Crippen LogP contribution in [-0.4, -0.2) is 39.0 Å². The number of fused-ring (bicyclic) bond motifs is 1. The lowest BCUT2D eigenvalue weighted by atomic mass is 10.1. The molecule has 1 saturated carbocycles. The Bertz CT molecular complexity index is 1120. The number of anilines is 2. The number of aryl methyl sites for hydroxylation is 2. The molecule has 3 N–H and O–H groups in total. The van der Waals surface area contributed by atoms with Crippen molar-refractivity contribution in [2.24, 2.45) is 0 Å². The molecule has 0 aliphatic heterocycles. The molecule has 0 bridgehead atoms. The van der Waals surface area contributed by atoms with Crippen molar-refractivity contribution in [3.63, 3.8) is 0 Å². The minimum absolute atomic E-state index is 0. The van der Waals surface area contributed by atoms with Crippen LogP contribution in [0.5, 0.6) is 0 Å². The van der Waals surface area contributed by atoms with Crippen molar-refractivity contribution in [2.45, 2.75) is 46.1 Å². The van der Waals surface area contributed by atoms with Gasteiger partial charge in [0.25, 0.3) is 11.8 Å². The zero-order valence-electron chi connectivity index (χ0n) is 17.9. The molecule has 1 aliphatic carbocycles. The Morgan fingerprint density at radius 2 is 1.97 bits per heavy atom. The van der Waals surface area contributed by atoms with Gasteiger partial charge in [0.15, 0.2) is 5.82 Å². The summed E-state index contributed by atoms with van der Waals surface area (Å²) in [5.41, 5.74) is 4.47. The maximum atomic E-state index is 12.5. The first-order valence-electron chi connectivity index (χ1n) is 10.3. The number of aromatic nitrogens is 3. The molecule has 0 unspecified atom stereocenters. The first-order valence-corrected chi connectivity index (χ1v) is 10.3. The second-order valence-electron chi connectivity index (χ2n) is 7.73. The van der Waals surface area contributed by atoms with Crippen molar-refractivity contribution in [2.75, 3.05) is 11.9 Å². The molecule has 31 heavy (non-hydrogen) atoms. The van der Waals surface area contributed by atoms with E-state index >= 15 is 0 Å². The van der Waals surface area contributed by atoms with E-state index in [-0.39, 0.29) is 24.2 Å². The van der Waals surface area contributed by atoms with E-state index in [1.165, 1.54) is 6.33 Å². The molecule has 8 nitrogen and oxygen atoms in total. The van der Waals surface area contributed by atoms with Crippen LogP contribution in [0.3, 0.4) is 0 Å². The molecule has 0 radical (unpaired) electrons. The summed E-state index contributed by atoms with van der Waals surface area (Å²) in [6, 6.07) is 5.87. The van der Waals surface area contributed by atoms with Crippen LogP contribution in [0.2, 0.25) is 0 Å². The molecule has 2 heterocycles. The summed E-state index contributed by atoms with van der Waals surface area (Å²) in [5, 5.41) is 13.5. The van der Waals surface area contributed by atoms with Gasteiger partial charge in [0, 0.05) is 30.0 Å². The molecule has 4 rings (SSSR count). The van der Waals surface area contributed by atoms with E-state index in [0.717, 1.165) is 41.6 Å². The first kappa shape index (κ1) is 22.6. The van der Waals surface area contributed by atoms with Crippen molar-refractivity contribution in [3.05, 3.63) is 53.0 Å². The van der Waals surface area contributed by atoms with Gasteiger partial charge in [0.05, 0.1) is 5.56 Å². The number of amides is 2. The van der Waals surface area contributed by atoms with E-state index in [0.29, 0.717) is 29.5 Å². The van der Waals surface area contributed by atoms with E-state index in [4.69, 9.17) is 0 Å². The van der Waals surface area contributed by atoms with Gasteiger partial charge in [0.2, 0.25) is 0 Å². The Labute approximate surface area is 187 Å². The minimum atomic E-state index is -0.124. The molecule has 164 valence electrons. The van der Waals surface area contributed by atoms with Crippen LogP contribution in [0.25, 0.3) is 5.52 Å². The topological polar surface area (TPSA) is 100 Å². The standard InChI is InChI=1S/C22H26N6O2.ClH/c1-4-9-23-22(30)17-11-28-19(14(17)3)20(24-12-25-28)27-18-10-15(6-5-13(18)2)21(29)26-16-7-8-16;/h5-6,10-12,16H,4,7-9H2,1-3H3,(H,23,30)(H,26,29)(H,24,25,27);1H. The van der Waals surface area contributed by atoms with E-state index in [2.05, 4.69) is 26.0 Å². The van der Waals surface area contributed by atoms with Crippen LogP contribution < -0.4 is 16.0 Å². The number of benzene rings is 1. The maximum Gasteiger partial charge on any atom is 0.253 e. The normalized spacial score (nSPS) is 12.9. The minimum Gasteiger partial charge on any atom is -0.352 e. The Hall–Kier alpha value is -3.13. The number of nitrogens with zero attached hydrogens (tertiary/aromatic N) is 3. The van der Waals surface area contributed by atoms with E-state index in [9.17, 15) is 9.59 Å². The molecule has 1 aliphatic rings. The summed E-state index contributed by atoms with van der Waals surface area (Å²) in [7, 11) is 0. The third kappa shape index (κ3) is 4.80. The van der Waals surface area contributed by atoms with Crippen LogP contribution in [0.4, 0.5) is 11.5 Å². The fraction of sp³-hybridized carbons (Fsp3) is 0.364. The van der Waals surface area contributed by atoms with Gasteiger partial charge in [-0.15, -0.1) is 12.4 Å². The summed E-state index contributed by atoms with van der Waals surface area (Å²) in [6.07, 6.45) is 6.12. The Morgan fingerprint density at radius 1 is 1.19 bits per heavy atom. The molecule has 0 saturated heterocycles. The molecule has 0 spiro atoms. The number of hydrogen-bond donors (Lipinski definition) is 3. The maximum absolute atomic E-state index is 12.5. The van der Waals surface area contributed by atoms with Crippen molar-refractivity contribution in [1.82, 2.24) is 25.2 Å². The highest BCUT2D eigenvalue weighted by atomic mass is 35.5. The first-order chi connectivity index (χ1) is 14.5. The molecular formula is C22H27ClN6O2. The second kappa shape index (κ2) is 9.34. The molecule has 0 atom stereocenters. The largest absolute Gasteiger partial charge is 0.352 e. The fourth-order valence-electron chi connectivity index (χ4n) is 3.34. The Kier molecular flexibility index (Phi) is 6.80. The summed E-state index contributed by atoms with van der Waals surface area (Å²) in [4.78, 5) is 29.3. The summed E-state index contributed by atoms with van der Waals surface area (Å²) >= 11 is 0. The van der Waals surface area contributed by atoms with Gasteiger partial charge in [-0.05, 0) is 56.4 Å². The van der Waals surface area contributed by atoms with Gasteiger partial charge in [-0.25, -0.2) is 9.50 Å². The van der Waals surface area contributed by atoms with Crippen LogP contribution in [-0.2, 0) is 0 Å². The lowest BCUT2D eigenvalue weighted by Gasteiger charge is -2.12. The average molecular weight is 443 g/mol. The highest BCUT2D eigenvalue weighted by molar-refractivity contribution is 5.99. The number of hydrogen-bond acceptors (Lipinski definition) is 5. The molecule has 2 aromatic heterocycles. The summed E-state index contributed by atoms with van der Waals surface area (Å²) in [5.74, 6) is 0.391. The third-order valence-electron chi connectivity index (χ3n) is 5.27. The fourth-order valence-corrected chi connectivity index (χ4v) is 3.34. The Morgan fingerprint density at radius 3 is 2.68 bits per heavy atom. The number of carbonyl (C=O) groups is 2. The monoisotopic (exact) mass is 442 g/mol. The SMILES string of the molecule is CCCNC(=O)c1cn2ncnc(Nc3cc(C(=O)NC4CC4)ccc3C)c2c1C.Cl. The smallest absolute Gasteiger partial charge is 0.253 e. The molecular weight excluding hydrogens is 416 g/mol. The molecule has 2 amide bonds. The van der Waals surface area contributed by atoms with Crippen molar-refractivity contribution in [1.29, 1.82) is 0 Å². The number of halogens is 1. The number of carbonyl (C=O) groups excluding carboxylic acids is 2. The molecule has 1 aromatic carbocycles. The molecule has 3 aromatic rings. The van der Waals surface area contributed by atoms with Gasteiger partial charge in [-0.1, -0.05) is 13.0 Å². The van der Waals surface area contributed by atoms with Gasteiger partial charge in [0.1, 0.15) is 11.8 Å². The van der Waals surface area contributed by atoms with Gasteiger partial charge < -0.3 is 16.0 Å². The van der Waals surface area contributed by atoms with Crippen LogP contribution in [0.1, 0.15) is 58.0 Å². The quantitative estimate of drug-likeness (QED) is 0.519. The van der Waals surface area contributed by atoms with E-state index in [1.54, 1.807) is 10.7 Å². The van der Waals surface area contributed by atoms with Crippen LogP contribution >= 0.6 is 12.4 Å². The van der Waals surface area contributed by atoms with Crippen molar-refractivity contribution >= 4 is 41.2 Å². The van der Waals surface area contributed by atoms with Gasteiger partial charge in [-0.2, -0.15) is 5.10 Å². The second-order valence-corrected chi connectivity index (χ2v) is 7.73. The van der Waals surface area contributed by atoms with Gasteiger partial charge >= 0.3 is 0 Å². The van der Waals surface area contributed by atoms with E-state index < -0.39 is 0 Å². The van der Waals surface area contributed by atoms with E-state index in [1.807, 2.05) is 39.0 Å². The lowest BCUT2D eigenvalue weighted by Crippen LogP contribution is -2.25. The average Bonchev–Trinajstić information content (AvgIpc) is 3.48. The zero-order valence-corrected chi connectivity index (χ0v) is 18.7. The number of rotatable bonds is 7. The zero-order chi connectivity index (χ0) is 21.3. The van der Waals surface area contributed by atoms with Gasteiger partial charge in [-0.3, -0.25) is 9.59 Å². The Balaban J connectivity index is 0.00000272. The lowest BCUT2D eigenvalue weighted by molar-refractivity contribution is 0.0943. The predicted molar refractivity (Wildman–Crippen MR) is 123 cm³/mol. The van der Waals surface area contributed by atoms with Crippen LogP contribution in [0.15, 0.2) is 30.7 Å². The van der Waals surface area contributed by atoms with Crippen LogP contribution in [0, 0.1) is 13.8 Å². The highest BCUT2D eigenvalue weighted by Gasteiger charge is 2.24. The number of nitrogens with one attached hydrogen (secondary N) is 3. The summed E-state index contributed by atoms with van der Waals surface area (Å²) in [6.45, 7) is 6.49.